The molecule has 150 valence electrons. The summed E-state index contributed by atoms with van der Waals surface area (Å²) in [6, 6.07) is 19.0. The SMILES string of the molecule is Cc1ccc(-n2c(O)c(C=Nc3c(C)cc(C)cc3C)c3ccccc3c2=O)cc1. The molecule has 0 bridgehead atoms. The topological polar surface area (TPSA) is 54.6 Å². The lowest BCUT2D eigenvalue weighted by Gasteiger charge is -2.14. The molecule has 3 aromatic carbocycles. The third kappa shape index (κ3) is 3.41. The van der Waals surface area contributed by atoms with Crippen LogP contribution in [-0.4, -0.2) is 15.9 Å². The summed E-state index contributed by atoms with van der Waals surface area (Å²) >= 11 is 0. The first-order chi connectivity index (χ1) is 14.4. The van der Waals surface area contributed by atoms with E-state index in [0.29, 0.717) is 22.0 Å². The molecule has 4 aromatic rings. The molecule has 0 aliphatic heterocycles. The largest absolute Gasteiger partial charge is 0.494 e. The van der Waals surface area contributed by atoms with Crippen molar-refractivity contribution in [2.24, 2.45) is 4.99 Å². The van der Waals surface area contributed by atoms with Crippen molar-refractivity contribution >= 4 is 22.7 Å². The first kappa shape index (κ1) is 19.6. The van der Waals surface area contributed by atoms with Crippen LogP contribution in [0.4, 0.5) is 5.69 Å². The van der Waals surface area contributed by atoms with Crippen molar-refractivity contribution in [2.45, 2.75) is 27.7 Å². The van der Waals surface area contributed by atoms with Crippen molar-refractivity contribution in [3.63, 3.8) is 0 Å². The van der Waals surface area contributed by atoms with E-state index in [1.807, 2.05) is 63.2 Å². The minimum absolute atomic E-state index is 0.117. The summed E-state index contributed by atoms with van der Waals surface area (Å²) in [5.74, 6) is -0.117. The summed E-state index contributed by atoms with van der Waals surface area (Å²) < 4.78 is 1.35. The molecule has 1 aromatic heterocycles. The number of benzene rings is 3. The molecule has 1 N–H and O–H groups in total. The van der Waals surface area contributed by atoms with E-state index in [1.165, 1.54) is 10.1 Å². The predicted molar refractivity (Wildman–Crippen MR) is 124 cm³/mol. The second-order valence-electron chi connectivity index (χ2n) is 7.76. The second-order valence-corrected chi connectivity index (χ2v) is 7.76. The van der Waals surface area contributed by atoms with Gasteiger partial charge in [0.05, 0.1) is 16.9 Å². The van der Waals surface area contributed by atoms with E-state index in [2.05, 4.69) is 19.1 Å². The molecule has 4 rings (SSSR count). The van der Waals surface area contributed by atoms with Gasteiger partial charge in [0.15, 0.2) is 0 Å². The smallest absolute Gasteiger partial charge is 0.265 e. The highest BCUT2D eigenvalue weighted by molar-refractivity contribution is 6.02. The first-order valence-corrected chi connectivity index (χ1v) is 9.92. The zero-order chi connectivity index (χ0) is 21.4. The molecule has 0 atom stereocenters. The average molecular weight is 396 g/mol. The maximum atomic E-state index is 13.2. The summed E-state index contributed by atoms with van der Waals surface area (Å²) in [5, 5.41) is 12.3. The van der Waals surface area contributed by atoms with Gasteiger partial charge in [0.1, 0.15) is 0 Å². The molecule has 0 spiro atoms. The lowest BCUT2D eigenvalue weighted by atomic mass is 10.0. The van der Waals surface area contributed by atoms with Crippen LogP contribution in [0.5, 0.6) is 5.88 Å². The van der Waals surface area contributed by atoms with Gasteiger partial charge in [-0.05, 0) is 57.0 Å². The van der Waals surface area contributed by atoms with Gasteiger partial charge in [0, 0.05) is 17.0 Å². The van der Waals surface area contributed by atoms with Gasteiger partial charge in [-0.3, -0.25) is 9.79 Å². The first-order valence-electron chi connectivity index (χ1n) is 9.92. The Kier molecular flexibility index (Phi) is 5.00. The quantitative estimate of drug-likeness (QED) is 0.453. The van der Waals surface area contributed by atoms with E-state index in [4.69, 9.17) is 4.99 Å². The number of hydrogen-bond acceptors (Lipinski definition) is 3. The summed E-state index contributed by atoms with van der Waals surface area (Å²) in [6.45, 7) is 8.09. The van der Waals surface area contributed by atoms with Gasteiger partial charge in [-0.1, -0.05) is 53.6 Å². The molecular weight excluding hydrogens is 372 g/mol. The maximum Gasteiger partial charge on any atom is 0.265 e. The molecule has 0 fully saturated rings. The summed E-state index contributed by atoms with van der Waals surface area (Å²) in [7, 11) is 0. The number of aromatic hydroxyl groups is 1. The van der Waals surface area contributed by atoms with E-state index < -0.39 is 0 Å². The Labute approximate surface area is 175 Å². The molecule has 0 aliphatic rings. The van der Waals surface area contributed by atoms with Gasteiger partial charge in [0.2, 0.25) is 5.88 Å². The van der Waals surface area contributed by atoms with E-state index in [0.717, 1.165) is 22.4 Å². The number of nitrogens with zero attached hydrogens (tertiary/aromatic N) is 2. The number of pyridine rings is 1. The van der Waals surface area contributed by atoms with Gasteiger partial charge in [0.25, 0.3) is 5.56 Å². The monoisotopic (exact) mass is 396 g/mol. The number of rotatable bonds is 3. The zero-order valence-corrected chi connectivity index (χ0v) is 17.6. The molecule has 4 nitrogen and oxygen atoms in total. The summed E-state index contributed by atoms with van der Waals surface area (Å²) in [5.41, 5.74) is 6.16. The molecule has 0 aliphatic carbocycles. The highest BCUT2D eigenvalue weighted by Crippen LogP contribution is 2.29. The minimum Gasteiger partial charge on any atom is -0.494 e. The van der Waals surface area contributed by atoms with Crippen molar-refractivity contribution in [1.29, 1.82) is 0 Å². The Morgan fingerprint density at radius 3 is 2.07 bits per heavy atom. The Balaban J connectivity index is 1.98. The van der Waals surface area contributed by atoms with Crippen LogP contribution in [0.1, 0.15) is 27.8 Å². The number of hydrogen-bond donors (Lipinski definition) is 1. The van der Waals surface area contributed by atoms with Crippen molar-refractivity contribution in [3.8, 4) is 11.6 Å². The van der Waals surface area contributed by atoms with E-state index >= 15 is 0 Å². The van der Waals surface area contributed by atoms with Gasteiger partial charge >= 0.3 is 0 Å². The lowest BCUT2D eigenvalue weighted by Crippen LogP contribution is -2.20. The van der Waals surface area contributed by atoms with Crippen LogP contribution in [0, 0.1) is 27.7 Å². The summed E-state index contributed by atoms with van der Waals surface area (Å²) in [6.07, 6.45) is 1.66. The van der Waals surface area contributed by atoms with Crippen molar-refractivity contribution in [3.05, 3.63) is 98.8 Å². The van der Waals surface area contributed by atoms with Gasteiger partial charge in [-0.15, -0.1) is 0 Å². The third-order valence-corrected chi connectivity index (χ3v) is 5.35. The molecule has 1 heterocycles. The van der Waals surface area contributed by atoms with Crippen LogP contribution in [0.3, 0.4) is 0 Å². The summed E-state index contributed by atoms with van der Waals surface area (Å²) in [4.78, 5) is 17.9. The predicted octanol–water partition coefficient (Wildman–Crippen LogP) is 5.68. The molecule has 0 saturated carbocycles. The number of aliphatic imine (C=N–C) groups is 1. The van der Waals surface area contributed by atoms with Crippen LogP contribution >= 0.6 is 0 Å². The van der Waals surface area contributed by atoms with Crippen molar-refractivity contribution < 1.29 is 5.11 Å². The van der Waals surface area contributed by atoms with E-state index in [-0.39, 0.29) is 11.4 Å². The number of fused-ring (bicyclic) bond motifs is 1. The molecule has 0 radical (unpaired) electrons. The standard InChI is InChI=1S/C26H24N2O2/c1-16-9-11-20(12-10-16)28-25(29)22-8-6-5-7-21(22)23(26(28)30)15-27-24-18(3)13-17(2)14-19(24)4/h5-15,30H,1-4H3. The third-order valence-electron chi connectivity index (χ3n) is 5.35. The normalized spacial score (nSPS) is 11.5. The molecule has 4 heteroatoms. The van der Waals surface area contributed by atoms with Gasteiger partial charge < -0.3 is 5.11 Å². The van der Waals surface area contributed by atoms with Crippen LogP contribution in [0.15, 0.2) is 70.5 Å². The zero-order valence-electron chi connectivity index (χ0n) is 17.6. The fourth-order valence-electron chi connectivity index (χ4n) is 3.93. The fourth-order valence-corrected chi connectivity index (χ4v) is 3.93. The number of aromatic nitrogens is 1. The van der Waals surface area contributed by atoms with E-state index in [1.54, 1.807) is 12.3 Å². The second kappa shape index (κ2) is 7.64. The Morgan fingerprint density at radius 1 is 0.833 bits per heavy atom. The highest BCUT2D eigenvalue weighted by atomic mass is 16.3. The number of aryl methyl sites for hydroxylation is 4. The van der Waals surface area contributed by atoms with Crippen LogP contribution < -0.4 is 5.56 Å². The van der Waals surface area contributed by atoms with Crippen LogP contribution in [0.25, 0.3) is 16.5 Å². The van der Waals surface area contributed by atoms with E-state index in [9.17, 15) is 9.90 Å². The lowest BCUT2D eigenvalue weighted by molar-refractivity contribution is 0.436. The van der Waals surface area contributed by atoms with Crippen LogP contribution in [0.2, 0.25) is 0 Å². The molecule has 0 amide bonds. The molecular formula is C26H24N2O2. The maximum absolute atomic E-state index is 13.2. The minimum atomic E-state index is -0.258. The highest BCUT2D eigenvalue weighted by Gasteiger charge is 2.16. The fraction of sp³-hybridized carbons (Fsp3) is 0.154. The molecule has 0 unspecified atom stereocenters. The van der Waals surface area contributed by atoms with Crippen molar-refractivity contribution in [1.82, 2.24) is 4.57 Å². The molecule has 30 heavy (non-hydrogen) atoms. The Hall–Kier alpha value is -3.66. The average Bonchev–Trinajstić information content (AvgIpc) is 2.71. The Bertz CT molecular complexity index is 1320. The van der Waals surface area contributed by atoms with Crippen molar-refractivity contribution in [2.75, 3.05) is 0 Å². The van der Waals surface area contributed by atoms with Gasteiger partial charge in [-0.2, -0.15) is 0 Å². The van der Waals surface area contributed by atoms with Crippen LogP contribution in [-0.2, 0) is 0 Å². The molecule has 0 saturated heterocycles. The Morgan fingerprint density at radius 2 is 1.43 bits per heavy atom. The van der Waals surface area contributed by atoms with Gasteiger partial charge in [-0.25, -0.2) is 4.57 Å².